The highest BCUT2D eigenvalue weighted by atomic mass is 16.4. The number of nitrogens with one attached hydrogen (secondary N) is 2. The first-order valence-corrected chi connectivity index (χ1v) is 5.11. The molecule has 0 aromatic carbocycles. The third kappa shape index (κ3) is 3.30. The molecule has 0 spiro atoms. The van der Waals surface area contributed by atoms with Crippen LogP contribution in [0.3, 0.4) is 0 Å². The van der Waals surface area contributed by atoms with E-state index in [9.17, 15) is 19.2 Å². The summed E-state index contributed by atoms with van der Waals surface area (Å²) in [6, 6.07) is -1.23. The molecular formula is C10H13N3O5. The van der Waals surface area contributed by atoms with E-state index in [0.29, 0.717) is 0 Å². The molecule has 1 aromatic heterocycles. The molecular weight excluding hydrogens is 242 g/mol. The fraction of sp³-hybridized carbons (Fsp3) is 0.400. The van der Waals surface area contributed by atoms with Crippen LogP contribution in [0.1, 0.15) is 12.5 Å². The monoisotopic (exact) mass is 255 g/mol. The molecule has 0 radical (unpaired) electrons. The Balaban J connectivity index is 3.04. The molecule has 0 aliphatic heterocycles. The van der Waals surface area contributed by atoms with Gasteiger partial charge < -0.3 is 10.4 Å². The Hall–Kier alpha value is -2.38. The summed E-state index contributed by atoms with van der Waals surface area (Å²) in [6.07, 6.45) is 1.25. The van der Waals surface area contributed by atoms with Gasteiger partial charge in [0.2, 0.25) is 5.91 Å². The fourth-order valence-corrected chi connectivity index (χ4v) is 1.38. The Morgan fingerprint density at radius 3 is 2.61 bits per heavy atom. The Morgan fingerprint density at radius 1 is 1.50 bits per heavy atom. The molecule has 1 amide bonds. The number of carboxylic acids is 1. The molecule has 1 atom stereocenters. The summed E-state index contributed by atoms with van der Waals surface area (Å²) in [7, 11) is 0. The van der Waals surface area contributed by atoms with Crippen LogP contribution in [0.25, 0.3) is 0 Å². The molecule has 0 aliphatic rings. The Labute approximate surface area is 101 Å². The number of aromatic nitrogens is 2. The minimum absolute atomic E-state index is 0.259. The maximum absolute atomic E-state index is 11.4. The van der Waals surface area contributed by atoms with Gasteiger partial charge >= 0.3 is 11.7 Å². The van der Waals surface area contributed by atoms with Crippen LogP contribution in [0.4, 0.5) is 0 Å². The van der Waals surface area contributed by atoms with E-state index in [1.807, 2.05) is 0 Å². The van der Waals surface area contributed by atoms with Crippen molar-refractivity contribution in [2.75, 3.05) is 0 Å². The van der Waals surface area contributed by atoms with Gasteiger partial charge in [-0.15, -0.1) is 0 Å². The van der Waals surface area contributed by atoms with Gasteiger partial charge in [-0.2, -0.15) is 0 Å². The molecule has 0 saturated heterocycles. The summed E-state index contributed by atoms with van der Waals surface area (Å²) in [4.78, 5) is 46.4. The molecule has 1 rings (SSSR count). The molecule has 8 heteroatoms. The third-order valence-corrected chi connectivity index (χ3v) is 2.24. The van der Waals surface area contributed by atoms with Crippen LogP contribution in [0.5, 0.6) is 0 Å². The minimum atomic E-state index is -1.26. The zero-order chi connectivity index (χ0) is 13.9. The second-order valence-electron chi connectivity index (χ2n) is 3.82. The Kier molecular flexibility index (Phi) is 4.03. The van der Waals surface area contributed by atoms with E-state index in [1.54, 1.807) is 0 Å². The molecule has 1 aromatic rings. The van der Waals surface area contributed by atoms with E-state index in [0.717, 1.165) is 4.57 Å². The van der Waals surface area contributed by atoms with E-state index in [2.05, 4.69) is 10.3 Å². The van der Waals surface area contributed by atoms with Crippen molar-refractivity contribution in [3.8, 4) is 0 Å². The number of nitrogens with zero attached hydrogens (tertiary/aromatic N) is 1. The molecule has 0 aliphatic carbocycles. The predicted octanol–water partition coefficient (Wildman–Crippen LogP) is -1.57. The predicted molar refractivity (Wildman–Crippen MR) is 61.3 cm³/mol. The number of amides is 1. The quantitative estimate of drug-likeness (QED) is 0.600. The first-order valence-electron chi connectivity index (χ1n) is 5.11. The maximum atomic E-state index is 11.4. The van der Waals surface area contributed by atoms with Crippen molar-refractivity contribution in [3.05, 3.63) is 32.6 Å². The molecule has 8 nitrogen and oxygen atoms in total. The Morgan fingerprint density at radius 2 is 2.11 bits per heavy atom. The SMILES string of the molecule is CC(=O)NC(Cn1cc(C)c(=O)[nH]c1=O)C(=O)O. The minimum Gasteiger partial charge on any atom is -0.480 e. The van der Waals surface area contributed by atoms with Crippen molar-refractivity contribution in [3.63, 3.8) is 0 Å². The van der Waals surface area contributed by atoms with E-state index in [1.165, 1.54) is 20.0 Å². The van der Waals surface area contributed by atoms with Gasteiger partial charge in [0.05, 0.1) is 6.54 Å². The lowest BCUT2D eigenvalue weighted by Crippen LogP contribution is -2.45. The lowest BCUT2D eigenvalue weighted by atomic mass is 10.3. The van der Waals surface area contributed by atoms with Gasteiger partial charge in [-0.25, -0.2) is 9.59 Å². The van der Waals surface area contributed by atoms with Crippen molar-refractivity contribution in [1.29, 1.82) is 0 Å². The zero-order valence-corrected chi connectivity index (χ0v) is 9.89. The number of carbonyl (C=O) groups is 2. The molecule has 3 N–H and O–H groups in total. The largest absolute Gasteiger partial charge is 0.480 e. The molecule has 1 heterocycles. The summed E-state index contributed by atoms with van der Waals surface area (Å²) in [5.41, 5.74) is -0.966. The van der Waals surface area contributed by atoms with Crippen LogP contribution in [0.2, 0.25) is 0 Å². The number of carbonyl (C=O) groups excluding carboxylic acids is 1. The lowest BCUT2D eigenvalue weighted by Gasteiger charge is -2.14. The van der Waals surface area contributed by atoms with Crippen LogP contribution >= 0.6 is 0 Å². The molecule has 1 unspecified atom stereocenters. The topological polar surface area (TPSA) is 121 Å². The maximum Gasteiger partial charge on any atom is 0.328 e. The van der Waals surface area contributed by atoms with Gasteiger partial charge in [0.25, 0.3) is 5.56 Å². The van der Waals surface area contributed by atoms with Crippen molar-refractivity contribution in [2.45, 2.75) is 26.4 Å². The normalized spacial score (nSPS) is 11.9. The van der Waals surface area contributed by atoms with Gasteiger partial charge in [0, 0.05) is 18.7 Å². The summed E-state index contributed by atoms with van der Waals surface area (Å²) in [6.45, 7) is 2.41. The molecule has 98 valence electrons. The Bertz CT molecular complexity index is 586. The van der Waals surface area contributed by atoms with Crippen LogP contribution in [0, 0.1) is 6.92 Å². The number of hydrogen-bond donors (Lipinski definition) is 3. The number of hydrogen-bond acceptors (Lipinski definition) is 4. The van der Waals surface area contributed by atoms with Crippen LogP contribution < -0.4 is 16.6 Å². The van der Waals surface area contributed by atoms with Crippen molar-refractivity contribution in [2.24, 2.45) is 0 Å². The van der Waals surface area contributed by atoms with Crippen molar-refractivity contribution < 1.29 is 14.7 Å². The zero-order valence-electron chi connectivity index (χ0n) is 9.89. The number of H-pyrrole nitrogens is 1. The molecule has 18 heavy (non-hydrogen) atoms. The molecule has 0 fully saturated rings. The van der Waals surface area contributed by atoms with E-state index < -0.39 is 29.2 Å². The van der Waals surface area contributed by atoms with E-state index >= 15 is 0 Å². The van der Waals surface area contributed by atoms with Crippen molar-refractivity contribution >= 4 is 11.9 Å². The average Bonchev–Trinajstić information content (AvgIpc) is 2.23. The molecule has 0 bridgehead atoms. The second-order valence-corrected chi connectivity index (χ2v) is 3.82. The van der Waals surface area contributed by atoms with Gasteiger partial charge in [-0.3, -0.25) is 19.1 Å². The van der Waals surface area contributed by atoms with Crippen LogP contribution in [-0.2, 0) is 16.1 Å². The fourth-order valence-electron chi connectivity index (χ4n) is 1.38. The number of rotatable bonds is 4. The van der Waals surface area contributed by atoms with Gasteiger partial charge in [-0.05, 0) is 6.92 Å². The van der Waals surface area contributed by atoms with Gasteiger partial charge in [0.1, 0.15) is 6.04 Å². The van der Waals surface area contributed by atoms with Gasteiger partial charge in [0.15, 0.2) is 0 Å². The highest BCUT2D eigenvalue weighted by Crippen LogP contribution is 1.91. The standard InChI is InChI=1S/C10H13N3O5/c1-5-3-13(10(18)12-8(5)15)4-7(9(16)17)11-6(2)14/h3,7H,4H2,1-2H3,(H,11,14)(H,16,17)(H,12,15,18). The first-order chi connectivity index (χ1) is 8.31. The smallest absolute Gasteiger partial charge is 0.328 e. The number of aryl methyl sites for hydroxylation is 1. The number of carboxylic acid groups (broad SMARTS) is 1. The lowest BCUT2D eigenvalue weighted by molar-refractivity contribution is -0.142. The summed E-state index contributed by atoms with van der Waals surface area (Å²) < 4.78 is 1.03. The first kappa shape index (κ1) is 13.7. The highest BCUT2D eigenvalue weighted by Gasteiger charge is 2.19. The second kappa shape index (κ2) is 5.30. The number of aliphatic carboxylic acids is 1. The van der Waals surface area contributed by atoms with Crippen LogP contribution in [0.15, 0.2) is 15.8 Å². The van der Waals surface area contributed by atoms with Crippen LogP contribution in [-0.4, -0.2) is 32.6 Å². The molecule has 0 saturated carbocycles. The summed E-state index contributed by atoms with van der Waals surface area (Å²) >= 11 is 0. The van der Waals surface area contributed by atoms with E-state index in [4.69, 9.17) is 5.11 Å². The highest BCUT2D eigenvalue weighted by molar-refractivity contribution is 5.81. The average molecular weight is 255 g/mol. The van der Waals surface area contributed by atoms with E-state index in [-0.39, 0.29) is 12.1 Å². The summed E-state index contributed by atoms with van der Waals surface area (Å²) in [5.74, 6) is -1.78. The van der Waals surface area contributed by atoms with Crippen molar-refractivity contribution in [1.82, 2.24) is 14.9 Å². The third-order valence-electron chi connectivity index (χ3n) is 2.24. The summed E-state index contributed by atoms with van der Waals surface area (Å²) in [5, 5.41) is 11.1. The van der Waals surface area contributed by atoms with Gasteiger partial charge in [-0.1, -0.05) is 0 Å². The number of aromatic amines is 1.